The van der Waals surface area contributed by atoms with Crippen molar-refractivity contribution in [1.29, 1.82) is 0 Å². The number of nitrogens with one attached hydrogen (secondary N) is 2. The predicted octanol–water partition coefficient (Wildman–Crippen LogP) is 5.17. The average Bonchev–Trinajstić information content (AvgIpc) is 3.07. The van der Waals surface area contributed by atoms with Gasteiger partial charge in [0, 0.05) is 16.9 Å². The van der Waals surface area contributed by atoms with Gasteiger partial charge in [-0.2, -0.15) is 0 Å². The van der Waals surface area contributed by atoms with Crippen molar-refractivity contribution in [2.24, 2.45) is 0 Å². The Bertz CT molecular complexity index is 1440. The molecule has 0 unspecified atom stereocenters. The van der Waals surface area contributed by atoms with Crippen LogP contribution in [0.2, 0.25) is 0 Å². The van der Waals surface area contributed by atoms with E-state index >= 15 is 0 Å². The molecule has 1 heterocycles. The summed E-state index contributed by atoms with van der Waals surface area (Å²) in [7, 11) is 0. The molecule has 9 heteroatoms. The van der Waals surface area contributed by atoms with Crippen LogP contribution in [0.25, 0.3) is 0 Å². The van der Waals surface area contributed by atoms with Crippen LogP contribution < -0.4 is 15.5 Å². The van der Waals surface area contributed by atoms with Crippen molar-refractivity contribution in [3.63, 3.8) is 0 Å². The van der Waals surface area contributed by atoms with Gasteiger partial charge in [0.2, 0.25) is 0 Å². The van der Waals surface area contributed by atoms with E-state index in [0.717, 1.165) is 16.0 Å². The van der Waals surface area contributed by atoms with Crippen LogP contribution in [0.1, 0.15) is 38.8 Å². The van der Waals surface area contributed by atoms with Crippen molar-refractivity contribution in [2.75, 3.05) is 22.1 Å². The molecule has 0 fully saturated rings. The number of imide groups is 1. The van der Waals surface area contributed by atoms with Crippen molar-refractivity contribution in [1.82, 2.24) is 0 Å². The highest BCUT2D eigenvalue weighted by atomic mass is 35.5. The predicted molar refractivity (Wildman–Crippen MR) is 142 cm³/mol. The van der Waals surface area contributed by atoms with E-state index in [0.29, 0.717) is 22.6 Å². The fraction of sp³-hybridized carbons (Fsp3) is 0.143. The lowest BCUT2D eigenvalue weighted by molar-refractivity contribution is -0.120. The highest BCUT2D eigenvalue weighted by Crippen LogP contribution is 2.31. The molecule has 0 saturated heterocycles. The summed E-state index contributed by atoms with van der Waals surface area (Å²) in [5.41, 5.74) is 3.57. The second kappa shape index (κ2) is 10.7. The highest BCUT2D eigenvalue weighted by molar-refractivity contribution is 6.53. The van der Waals surface area contributed by atoms with Gasteiger partial charge in [-0.25, -0.2) is 9.69 Å². The molecule has 0 radical (unpaired) electrons. The van der Waals surface area contributed by atoms with E-state index in [1.165, 1.54) is 12.1 Å². The number of carbonyl (C=O) groups excluding carboxylic acids is 4. The Morgan fingerprint density at radius 3 is 2.16 bits per heavy atom. The van der Waals surface area contributed by atoms with E-state index in [4.69, 9.17) is 16.3 Å². The molecule has 1 aliphatic rings. The number of halogens is 1. The molecule has 2 N–H and O–H groups in total. The van der Waals surface area contributed by atoms with E-state index < -0.39 is 23.7 Å². The van der Waals surface area contributed by atoms with E-state index in [1.54, 1.807) is 55.5 Å². The Kier molecular flexibility index (Phi) is 7.40. The van der Waals surface area contributed by atoms with Crippen molar-refractivity contribution >= 4 is 52.4 Å². The van der Waals surface area contributed by atoms with E-state index in [1.807, 2.05) is 19.9 Å². The van der Waals surface area contributed by atoms with Crippen LogP contribution in [0.4, 0.5) is 17.1 Å². The average molecular weight is 518 g/mol. The summed E-state index contributed by atoms with van der Waals surface area (Å²) in [6, 6.07) is 18.2. The summed E-state index contributed by atoms with van der Waals surface area (Å²) in [5.74, 6) is -2.14. The van der Waals surface area contributed by atoms with Crippen LogP contribution in [-0.2, 0) is 14.3 Å². The Morgan fingerprint density at radius 1 is 0.865 bits per heavy atom. The van der Waals surface area contributed by atoms with Crippen LogP contribution >= 0.6 is 11.6 Å². The molecule has 4 rings (SSSR count). The summed E-state index contributed by atoms with van der Waals surface area (Å²) in [6.45, 7) is 5.70. The molecule has 0 aromatic heterocycles. The number of aryl methyl sites for hydroxylation is 2. The molecule has 0 saturated carbocycles. The minimum atomic E-state index is -0.630. The summed E-state index contributed by atoms with van der Waals surface area (Å²) < 4.78 is 4.99. The summed E-state index contributed by atoms with van der Waals surface area (Å²) in [4.78, 5) is 51.8. The monoisotopic (exact) mass is 517 g/mol. The standard InChI is InChI=1S/C28H24ClN3O5/c1-4-37-28(36)19-8-6-10-21(15-19)31-25(33)18-7-5-9-20(14-18)30-24-23(29)26(34)32(27(24)35)22-12-16(2)11-17(3)13-22/h5-15,30H,4H2,1-3H3,(H,31,33). The van der Waals surface area contributed by atoms with Crippen LogP contribution in [0.5, 0.6) is 0 Å². The van der Waals surface area contributed by atoms with E-state index in [-0.39, 0.29) is 22.9 Å². The fourth-order valence-electron chi connectivity index (χ4n) is 3.95. The third kappa shape index (κ3) is 5.54. The zero-order chi connectivity index (χ0) is 26.7. The Hall–Kier alpha value is -4.43. The zero-order valence-electron chi connectivity index (χ0n) is 20.4. The summed E-state index contributed by atoms with van der Waals surface area (Å²) in [6.07, 6.45) is 0. The molecular formula is C28H24ClN3O5. The van der Waals surface area contributed by atoms with Gasteiger partial charge in [-0.05, 0) is 80.4 Å². The number of hydrogen-bond acceptors (Lipinski definition) is 6. The van der Waals surface area contributed by atoms with Crippen LogP contribution in [-0.4, -0.2) is 30.3 Å². The van der Waals surface area contributed by atoms with E-state index in [2.05, 4.69) is 10.6 Å². The van der Waals surface area contributed by atoms with Gasteiger partial charge in [0.05, 0.1) is 17.9 Å². The minimum absolute atomic E-state index is 0.0782. The molecule has 37 heavy (non-hydrogen) atoms. The molecule has 8 nitrogen and oxygen atoms in total. The van der Waals surface area contributed by atoms with Gasteiger partial charge in [-0.3, -0.25) is 14.4 Å². The molecule has 0 spiro atoms. The second-order valence-corrected chi connectivity index (χ2v) is 8.82. The third-order valence-corrected chi connectivity index (χ3v) is 5.87. The van der Waals surface area contributed by atoms with Gasteiger partial charge >= 0.3 is 5.97 Å². The lowest BCUT2D eigenvalue weighted by Gasteiger charge is -2.16. The number of hydrogen-bond donors (Lipinski definition) is 2. The number of esters is 1. The van der Waals surface area contributed by atoms with Crippen LogP contribution in [0.15, 0.2) is 77.5 Å². The normalized spacial score (nSPS) is 13.1. The first-order valence-corrected chi connectivity index (χ1v) is 11.9. The Balaban J connectivity index is 1.52. The molecule has 1 aliphatic heterocycles. The third-order valence-electron chi connectivity index (χ3n) is 5.52. The topological polar surface area (TPSA) is 105 Å². The quantitative estimate of drug-likeness (QED) is 0.331. The van der Waals surface area contributed by atoms with Crippen molar-refractivity contribution in [3.8, 4) is 0 Å². The van der Waals surface area contributed by atoms with Gasteiger partial charge in [0.1, 0.15) is 10.7 Å². The first kappa shape index (κ1) is 25.7. The summed E-state index contributed by atoms with van der Waals surface area (Å²) >= 11 is 6.26. The molecule has 3 aromatic carbocycles. The van der Waals surface area contributed by atoms with E-state index in [9.17, 15) is 19.2 Å². The second-order valence-electron chi connectivity index (χ2n) is 8.44. The molecule has 0 aliphatic carbocycles. The summed E-state index contributed by atoms with van der Waals surface area (Å²) in [5, 5.41) is 5.39. The van der Waals surface area contributed by atoms with Gasteiger partial charge in [-0.15, -0.1) is 0 Å². The minimum Gasteiger partial charge on any atom is -0.462 e. The maximum atomic E-state index is 13.1. The number of anilines is 3. The maximum absolute atomic E-state index is 13.1. The van der Waals surface area contributed by atoms with Crippen molar-refractivity contribution < 1.29 is 23.9 Å². The molecular weight excluding hydrogens is 494 g/mol. The number of benzene rings is 3. The number of nitrogens with zero attached hydrogens (tertiary/aromatic N) is 1. The lowest BCUT2D eigenvalue weighted by Crippen LogP contribution is -2.32. The largest absolute Gasteiger partial charge is 0.462 e. The number of amides is 3. The number of carbonyl (C=O) groups is 4. The molecule has 3 aromatic rings. The first-order chi connectivity index (χ1) is 17.7. The zero-order valence-corrected chi connectivity index (χ0v) is 21.2. The first-order valence-electron chi connectivity index (χ1n) is 11.5. The maximum Gasteiger partial charge on any atom is 0.338 e. The molecule has 0 bridgehead atoms. The fourth-order valence-corrected chi connectivity index (χ4v) is 4.16. The highest BCUT2D eigenvalue weighted by Gasteiger charge is 2.39. The van der Waals surface area contributed by atoms with Crippen molar-refractivity contribution in [2.45, 2.75) is 20.8 Å². The van der Waals surface area contributed by atoms with Gasteiger partial charge in [0.15, 0.2) is 0 Å². The Morgan fingerprint density at radius 2 is 1.49 bits per heavy atom. The number of rotatable bonds is 7. The van der Waals surface area contributed by atoms with Gasteiger partial charge < -0.3 is 15.4 Å². The van der Waals surface area contributed by atoms with Gasteiger partial charge in [0.25, 0.3) is 17.7 Å². The molecule has 3 amide bonds. The smallest absolute Gasteiger partial charge is 0.338 e. The van der Waals surface area contributed by atoms with Crippen LogP contribution in [0, 0.1) is 13.8 Å². The lowest BCUT2D eigenvalue weighted by atomic mass is 10.1. The SMILES string of the molecule is CCOC(=O)c1cccc(NC(=O)c2cccc(NC3=C(Cl)C(=O)N(c4cc(C)cc(C)c4)C3=O)c2)c1. The number of ether oxygens (including phenoxy) is 1. The molecule has 0 atom stereocenters. The Labute approximate surface area is 218 Å². The molecule has 188 valence electrons. The van der Waals surface area contributed by atoms with Crippen LogP contribution in [0.3, 0.4) is 0 Å². The van der Waals surface area contributed by atoms with Gasteiger partial charge in [-0.1, -0.05) is 29.8 Å². The van der Waals surface area contributed by atoms with Crippen molar-refractivity contribution in [3.05, 3.63) is 99.7 Å².